The minimum atomic E-state index is -0.290. The Kier molecular flexibility index (Phi) is 6.64. The van der Waals surface area contributed by atoms with E-state index in [0.29, 0.717) is 5.02 Å². The van der Waals surface area contributed by atoms with Crippen molar-refractivity contribution >= 4 is 23.4 Å². The Morgan fingerprint density at radius 2 is 2.00 bits per heavy atom. The molecular weight excluding hydrogens is 281 g/mol. The third kappa shape index (κ3) is 4.37. The SMILES string of the molecule is CCC(CC)(CNC(C)c1ccc(F)cc1Cl)SC. The number of benzene rings is 1. The molecule has 1 nitrogen and oxygen atoms in total. The molecule has 19 heavy (non-hydrogen) atoms. The van der Waals surface area contributed by atoms with E-state index < -0.39 is 0 Å². The summed E-state index contributed by atoms with van der Waals surface area (Å²) in [4.78, 5) is 0. The van der Waals surface area contributed by atoms with Gasteiger partial charge in [0.2, 0.25) is 0 Å². The maximum absolute atomic E-state index is 13.0. The van der Waals surface area contributed by atoms with Gasteiger partial charge >= 0.3 is 0 Å². The first-order valence-electron chi connectivity index (χ1n) is 6.71. The average molecular weight is 304 g/mol. The van der Waals surface area contributed by atoms with Gasteiger partial charge in [0.25, 0.3) is 0 Å². The van der Waals surface area contributed by atoms with Gasteiger partial charge in [0.05, 0.1) is 0 Å². The Labute approximate surface area is 125 Å². The van der Waals surface area contributed by atoms with Crippen molar-refractivity contribution in [1.29, 1.82) is 0 Å². The van der Waals surface area contributed by atoms with E-state index in [2.05, 4.69) is 32.3 Å². The van der Waals surface area contributed by atoms with Gasteiger partial charge in [0.15, 0.2) is 0 Å². The number of hydrogen-bond acceptors (Lipinski definition) is 2. The first kappa shape index (κ1) is 16.8. The molecule has 108 valence electrons. The normalized spacial score (nSPS) is 13.6. The molecule has 0 aliphatic rings. The highest BCUT2D eigenvalue weighted by Crippen LogP contribution is 2.31. The molecule has 0 saturated carbocycles. The van der Waals surface area contributed by atoms with Crippen molar-refractivity contribution in [2.45, 2.75) is 44.4 Å². The Morgan fingerprint density at radius 3 is 2.47 bits per heavy atom. The van der Waals surface area contributed by atoms with E-state index in [0.717, 1.165) is 24.9 Å². The lowest BCUT2D eigenvalue weighted by atomic mass is 10.0. The summed E-state index contributed by atoms with van der Waals surface area (Å²) in [6, 6.07) is 4.71. The second kappa shape index (κ2) is 7.51. The largest absolute Gasteiger partial charge is 0.309 e. The molecule has 4 heteroatoms. The summed E-state index contributed by atoms with van der Waals surface area (Å²) in [6.07, 6.45) is 4.41. The van der Waals surface area contributed by atoms with Crippen molar-refractivity contribution in [2.24, 2.45) is 0 Å². The van der Waals surface area contributed by atoms with Crippen LogP contribution in [0.4, 0.5) is 4.39 Å². The van der Waals surface area contributed by atoms with Crippen LogP contribution in [0.25, 0.3) is 0 Å². The summed E-state index contributed by atoms with van der Waals surface area (Å²) >= 11 is 8.00. The van der Waals surface area contributed by atoms with E-state index >= 15 is 0 Å². The van der Waals surface area contributed by atoms with Gasteiger partial charge < -0.3 is 5.32 Å². The van der Waals surface area contributed by atoms with E-state index in [-0.39, 0.29) is 16.6 Å². The highest BCUT2D eigenvalue weighted by molar-refractivity contribution is 8.00. The molecule has 0 aromatic heterocycles. The number of halogens is 2. The summed E-state index contributed by atoms with van der Waals surface area (Å²) in [5.41, 5.74) is 0.949. The van der Waals surface area contributed by atoms with Crippen LogP contribution in [0, 0.1) is 5.82 Å². The van der Waals surface area contributed by atoms with Crippen LogP contribution in [0.1, 0.15) is 45.2 Å². The Balaban J connectivity index is 2.72. The van der Waals surface area contributed by atoms with Gasteiger partial charge in [-0.25, -0.2) is 4.39 Å². The van der Waals surface area contributed by atoms with Crippen molar-refractivity contribution in [3.05, 3.63) is 34.6 Å². The van der Waals surface area contributed by atoms with Crippen LogP contribution in [0.3, 0.4) is 0 Å². The molecule has 1 rings (SSSR count). The van der Waals surface area contributed by atoms with Gasteiger partial charge in [-0.2, -0.15) is 11.8 Å². The third-order valence-electron chi connectivity index (χ3n) is 3.88. The van der Waals surface area contributed by atoms with Crippen molar-refractivity contribution in [3.8, 4) is 0 Å². The lowest BCUT2D eigenvalue weighted by Crippen LogP contribution is -2.37. The van der Waals surface area contributed by atoms with Crippen LogP contribution >= 0.6 is 23.4 Å². The summed E-state index contributed by atoms with van der Waals surface area (Å²) in [7, 11) is 0. The van der Waals surface area contributed by atoms with Crippen LogP contribution in [-0.2, 0) is 0 Å². The lowest BCUT2D eigenvalue weighted by Gasteiger charge is -2.31. The summed E-state index contributed by atoms with van der Waals surface area (Å²) in [6.45, 7) is 7.43. The molecule has 1 N–H and O–H groups in total. The standard InChI is InChI=1S/C15H23ClFNS/c1-5-15(6-2,19-4)10-18-11(3)13-8-7-12(17)9-14(13)16/h7-9,11,18H,5-6,10H2,1-4H3. The molecular formula is C15H23ClFNS. The molecule has 0 saturated heterocycles. The predicted octanol–water partition coefficient (Wildman–Crippen LogP) is 5.05. The number of hydrogen-bond donors (Lipinski definition) is 1. The average Bonchev–Trinajstić information content (AvgIpc) is 2.40. The number of nitrogens with one attached hydrogen (secondary N) is 1. The monoisotopic (exact) mass is 303 g/mol. The fourth-order valence-electron chi connectivity index (χ4n) is 2.16. The molecule has 0 spiro atoms. The first-order chi connectivity index (χ1) is 8.98. The van der Waals surface area contributed by atoms with Gasteiger partial charge in [-0.05, 0) is 43.7 Å². The molecule has 0 radical (unpaired) electrons. The second-order valence-corrected chi connectivity index (χ2v) is 6.54. The molecule has 1 atom stereocenters. The number of rotatable bonds is 7. The van der Waals surface area contributed by atoms with Crippen molar-refractivity contribution in [2.75, 3.05) is 12.8 Å². The van der Waals surface area contributed by atoms with Gasteiger partial charge in [0.1, 0.15) is 5.82 Å². The van der Waals surface area contributed by atoms with Crippen molar-refractivity contribution in [1.82, 2.24) is 5.32 Å². The molecule has 1 aromatic rings. The second-order valence-electron chi connectivity index (χ2n) is 4.86. The highest BCUT2D eigenvalue weighted by atomic mass is 35.5. The van der Waals surface area contributed by atoms with Gasteiger partial charge in [0, 0.05) is 22.4 Å². The molecule has 0 aliphatic heterocycles. The summed E-state index contributed by atoms with van der Waals surface area (Å²) in [5.74, 6) is -0.290. The molecule has 1 unspecified atom stereocenters. The zero-order chi connectivity index (χ0) is 14.5. The van der Waals surface area contributed by atoms with E-state index in [4.69, 9.17) is 11.6 Å². The first-order valence-corrected chi connectivity index (χ1v) is 8.31. The van der Waals surface area contributed by atoms with E-state index in [1.165, 1.54) is 12.1 Å². The maximum atomic E-state index is 13.0. The lowest BCUT2D eigenvalue weighted by molar-refractivity contribution is 0.459. The van der Waals surface area contributed by atoms with E-state index in [1.54, 1.807) is 6.07 Å². The molecule has 0 amide bonds. The minimum absolute atomic E-state index is 0.123. The van der Waals surface area contributed by atoms with Crippen molar-refractivity contribution < 1.29 is 4.39 Å². The predicted molar refractivity (Wildman–Crippen MR) is 84.7 cm³/mol. The fraction of sp³-hybridized carbons (Fsp3) is 0.600. The molecule has 0 aliphatic carbocycles. The molecule has 0 fully saturated rings. The zero-order valence-electron chi connectivity index (χ0n) is 12.1. The van der Waals surface area contributed by atoms with Crippen LogP contribution in [-0.4, -0.2) is 17.5 Å². The third-order valence-corrected chi connectivity index (χ3v) is 5.80. The van der Waals surface area contributed by atoms with E-state index in [9.17, 15) is 4.39 Å². The smallest absolute Gasteiger partial charge is 0.124 e. The molecule has 1 aromatic carbocycles. The minimum Gasteiger partial charge on any atom is -0.309 e. The maximum Gasteiger partial charge on any atom is 0.124 e. The van der Waals surface area contributed by atoms with Crippen LogP contribution < -0.4 is 5.32 Å². The number of thioether (sulfide) groups is 1. The van der Waals surface area contributed by atoms with Crippen molar-refractivity contribution in [3.63, 3.8) is 0 Å². The topological polar surface area (TPSA) is 12.0 Å². The van der Waals surface area contributed by atoms with Crippen LogP contribution in [0.2, 0.25) is 5.02 Å². The summed E-state index contributed by atoms with van der Waals surface area (Å²) < 4.78 is 13.3. The quantitative estimate of drug-likeness (QED) is 0.756. The molecule has 0 bridgehead atoms. The zero-order valence-corrected chi connectivity index (χ0v) is 13.7. The van der Waals surface area contributed by atoms with Gasteiger partial charge in [-0.15, -0.1) is 0 Å². The van der Waals surface area contributed by atoms with E-state index in [1.807, 2.05) is 11.8 Å². The Bertz CT molecular complexity index is 399. The Hall–Kier alpha value is -0.250. The molecule has 0 heterocycles. The van der Waals surface area contributed by atoms with Gasteiger partial charge in [-0.3, -0.25) is 0 Å². The van der Waals surface area contributed by atoms with Crippen LogP contribution in [0.15, 0.2) is 18.2 Å². The van der Waals surface area contributed by atoms with Gasteiger partial charge in [-0.1, -0.05) is 31.5 Å². The van der Waals surface area contributed by atoms with Crippen LogP contribution in [0.5, 0.6) is 0 Å². The Morgan fingerprint density at radius 1 is 1.37 bits per heavy atom. The summed E-state index contributed by atoms with van der Waals surface area (Å²) in [5, 5.41) is 4.01. The fourth-order valence-corrected chi connectivity index (χ4v) is 3.30. The highest BCUT2D eigenvalue weighted by Gasteiger charge is 2.25.